The first-order chi connectivity index (χ1) is 12.4. The number of rotatable bonds is 8. The van der Waals surface area contributed by atoms with Crippen molar-refractivity contribution in [2.45, 2.75) is 4.90 Å². The molecule has 9 heteroatoms. The average molecular weight is 381 g/mol. The fraction of sp³-hybridized carbons (Fsp3) is 0.235. The number of ether oxygens (including phenoxy) is 4. The van der Waals surface area contributed by atoms with Crippen LogP contribution in [0.3, 0.4) is 0 Å². The van der Waals surface area contributed by atoms with Gasteiger partial charge in [0.15, 0.2) is 6.61 Å². The summed E-state index contributed by atoms with van der Waals surface area (Å²) >= 11 is 0. The van der Waals surface area contributed by atoms with Crippen LogP contribution in [0.4, 0.5) is 5.69 Å². The molecule has 0 radical (unpaired) electrons. The number of esters is 1. The first-order valence-corrected chi connectivity index (χ1v) is 8.92. The van der Waals surface area contributed by atoms with E-state index in [0.717, 1.165) is 0 Å². The highest BCUT2D eigenvalue weighted by atomic mass is 32.2. The van der Waals surface area contributed by atoms with Crippen molar-refractivity contribution in [3.63, 3.8) is 0 Å². The van der Waals surface area contributed by atoms with Crippen LogP contribution in [0.25, 0.3) is 0 Å². The summed E-state index contributed by atoms with van der Waals surface area (Å²) in [6, 6.07) is 10.4. The molecule has 0 fully saturated rings. The number of nitrogens with one attached hydrogen (secondary N) is 1. The van der Waals surface area contributed by atoms with Crippen LogP contribution < -0.4 is 18.9 Å². The molecule has 2 aromatic carbocycles. The third-order valence-electron chi connectivity index (χ3n) is 3.37. The van der Waals surface area contributed by atoms with Crippen molar-refractivity contribution in [1.29, 1.82) is 0 Å². The Balaban J connectivity index is 2.16. The van der Waals surface area contributed by atoms with Crippen molar-refractivity contribution in [2.24, 2.45) is 0 Å². The van der Waals surface area contributed by atoms with Gasteiger partial charge in [-0.05, 0) is 36.4 Å². The number of hydrogen-bond donors (Lipinski definition) is 1. The molecule has 0 saturated heterocycles. The molecule has 0 atom stereocenters. The predicted molar refractivity (Wildman–Crippen MR) is 94.3 cm³/mol. The van der Waals surface area contributed by atoms with Crippen LogP contribution in [0, 0.1) is 0 Å². The zero-order valence-electron chi connectivity index (χ0n) is 14.5. The Morgan fingerprint density at radius 3 is 2.19 bits per heavy atom. The molecule has 2 rings (SSSR count). The lowest BCUT2D eigenvalue weighted by atomic mass is 10.3. The summed E-state index contributed by atoms with van der Waals surface area (Å²) in [5.41, 5.74) is 0.277. The van der Waals surface area contributed by atoms with Crippen LogP contribution in [-0.4, -0.2) is 42.3 Å². The maximum atomic E-state index is 12.5. The average Bonchev–Trinajstić information content (AvgIpc) is 2.66. The van der Waals surface area contributed by atoms with Gasteiger partial charge in [-0.25, -0.2) is 13.2 Å². The highest BCUT2D eigenvalue weighted by Gasteiger charge is 2.17. The molecule has 2 aromatic rings. The van der Waals surface area contributed by atoms with Crippen molar-refractivity contribution >= 4 is 21.7 Å². The molecule has 140 valence electrons. The number of sulfonamides is 1. The summed E-state index contributed by atoms with van der Waals surface area (Å²) < 4.78 is 47.4. The largest absolute Gasteiger partial charge is 0.497 e. The van der Waals surface area contributed by atoms with Gasteiger partial charge in [0.05, 0.1) is 31.9 Å². The molecule has 26 heavy (non-hydrogen) atoms. The third-order valence-corrected chi connectivity index (χ3v) is 4.75. The summed E-state index contributed by atoms with van der Waals surface area (Å²) in [4.78, 5) is 11.1. The summed E-state index contributed by atoms with van der Waals surface area (Å²) in [5, 5.41) is 0. The first-order valence-electron chi connectivity index (χ1n) is 7.44. The van der Waals surface area contributed by atoms with E-state index >= 15 is 0 Å². The van der Waals surface area contributed by atoms with Crippen LogP contribution in [0.15, 0.2) is 47.4 Å². The van der Waals surface area contributed by atoms with Crippen LogP contribution in [0.2, 0.25) is 0 Å². The van der Waals surface area contributed by atoms with Gasteiger partial charge >= 0.3 is 5.97 Å². The maximum Gasteiger partial charge on any atom is 0.343 e. The molecule has 0 aromatic heterocycles. The van der Waals surface area contributed by atoms with Crippen LogP contribution in [-0.2, 0) is 19.6 Å². The van der Waals surface area contributed by atoms with E-state index in [1.54, 1.807) is 18.2 Å². The molecule has 1 N–H and O–H groups in total. The van der Waals surface area contributed by atoms with Gasteiger partial charge in [-0.1, -0.05) is 0 Å². The number of benzene rings is 2. The molecule has 0 amide bonds. The molecule has 0 aliphatic carbocycles. The number of carbonyl (C=O) groups is 1. The zero-order valence-corrected chi connectivity index (χ0v) is 15.3. The van der Waals surface area contributed by atoms with E-state index in [9.17, 15) is 13.2 Å². The lowest BCUT2D eigenvalue weighted by Gasteiger charge is -2.13. The number of hydrogen-bond acceptors (Lipinski definition) is 7. The Bertz CT molecular complexity index is 863. The SMILES string of the molecule is COC(=O)COc1ccc(S(=O)(=O)Nc2ccc(OC)cc2OC)cc1. The molecule has 0 bridgehead atoms. The van der Waals surface area contributed by atoms with E-state index in [-0.39, 0.29) is 17.2 Å². The van der Waals surface area contributed by atoms with Gasteiger partial charge in [0.2, 0.25) is 0 Å². The minimum Gasteiger partial charge on any atom is -0.497 e. The van der Waals surface area contributed by atoms with Gasteiger partial charge in [0, 0.05) is 6.07 Å². The van der Waals surface area contributed by atoms with Crippen molar-refractivity contribution < 1.29 is 32.2 Å². The normalized spacial score (nSPS) is 10.7. The Labute approximate surface area is 151 Å². The fourth-order valence-corrected chi connectivity index (χ4v) is 3.07. The monoisotopic (exact) mass is 381 g/mol. The molecule has 0 spiro atoms. The minimum atomic E-state index is -3.84. The lowest BCUT2D eigenvalue weighted by Crippen LogP contribution is -2.14. The van der Waals surface area contributed by atoms with Crippen molar-refractivity contribution in [3.8, 4) is 17.2 Å². The van der Waals surface area contributed by atoms with Gasteiger partial charge in [-0.15, -0.1) is 0 Å². The summed E-state index contributed by atoms with van der Waals surface area (Å²) in [7, 11) is 0.347. The van der Waals surface area contributed by atoms with E-state index in [4.69, 9.17) is 14.2 Å². The summed E-state index contributed by atoms with van der Waals surface area (Å²) in [5.74, 6) is 0.675. The van der Waals surface area contributed by atoms with Crippen molar-refractivity contribution in [3.05, 3.63) is 42.5 Å². The van der Waals surface area contributed by atoms with Crippen LogP contribution in [0.5, 0.6) is 17.2 Å². The fourth-order valence-electron chi connectivity index (χ4n) is 2.00. The third kappa shape index (κ3) is 4.79. The molecule has 0 aliphatic rings. The van der Waals surface area contributed by atoms with Crippen molar-refractivity contribution in [1.82, 2.24) is 0 Å². The zero-order chi connectivity index (χ0) is 19.2. The van der Waals surface area contributed by atoms with Crippen molar-refractivity contribution in [2.75, 3.05) is 32.7 Å². The Hall–Kier alpha value is -2.94. The van der Waals surface area contributed by atoms with Gasteiger partial charge in [-0.3, -0.25) is 4.72 Å². The summed E-state index contributed by atoms with van der Waals surface area (Å²) in [6.07, 6.45) is 0. The molecule has 0 aliphatic heterocycles. The molecule has 0 heterocycles. The van der Waals surface area contributed by atoms with Crippen LogP contribution in [0.1, 0.15) is 0 Å². The smallest absolute Gasteiger partial charge is 0.343 e. The van der Waals surface area contributed by atoms with E-state index in [0.29, 0.717) is 17.2 Å². The number of carbonyl (C=O) groups excluding carboxylic acids is 1. The van der Waals surface area contributed by atoms with E-state index in [1.165, 1.54) is 45.6 Å². The highest BCUT2D eigenvalue weighted by Crippen LogP contribution is 2.31. The van der Waals surface area contributed by atoms with E-state index < -0.39 is 16.0 Å². The molecule has 8 nitrogen and oxygen atoms in total. The lowest BCUT2D eigenvalue weighted by molar-refractivity contribution is -0.142. The molecular formula is C17H19NO7S. The Morgan fingerprint density at radius 2 is 1.62 bits per heavy atom. The molecular weight excluding hydrogens is 362 g/mol. The standard InChI is InChI=1S/C17H19NO7S/c1-22-13-6-9-15(16(10-13)23-2)18-26(20,21)14-7-4-12(5-8-14)25-11-17(19)24-3/h4-10,18H,11H2,1-3H3. The van der Waals surface area contributed by atoms with Gasteiger partial charge in [0.25, 0.3) is 10.0 Å². The predicted octanol–water partition coefficient (Wildman–Crippen LogP) is 2.06. The van der Waals surface area contributed by atoms with Crippen LogP contribution >= 0.6 is 0 Å². The number of methoxy groups -OCH3 is 3. The Morgan fingerprint density at radius 1 is 0.962 bits per heavy atom. The summed E-state index contributed by atoms with van der Waals surface area (Å²) in [6.45, 7) is -0.260. The quantitative estimate of drug-likeness (QED) is 0.699. The van der Waals surface area contributed by atoms with Gasteiger partial charge in [0.1, 0.15) is 17.2 Å². The maximum absolute atomic E-state index is 12.5. The highest BCUT2D eigenvalue weighted by molar-refractivity contribution is 7.92. The van der Waals surface area contributed by atoms with E-state index in [1.807, 2.05) is 0 Å². The van der Waals surface area contributed by atoms with Gasteiger partial charge in [-0.2, -0.15) is 0 Å². The second-order valence-electron chi connectivity index (χ2n) is 5.01. The van der Waals surface area contributed by atoms with E-state index in [2.05, 4.69) is 9.46 Å². The van der Waals surface area contributed by atoms with Gasteiger partial charge < -0.3 is 18.9 Å². The first kappa shape index (κ1) is 19.4. The molecule has 0 unspecified atom stereocenters. The second-order valence-corrected chi connectivity index (χ2v) is 6.69. The molecule has 0 saturated carbocycles. The topological polar surface area (TPSA) is 100 Å². The second kappa shape index (κ2) is 8.43. The number of anilines is 1. The Kier molecular flexibility index (Phi) is 6.29. The minimum absolute atomic E-state index is 0.0285.